The molecule has 110 valence electrons. The van der Waals surface area contributed by atoms with E-state index >= 15 is 0 Å². The zero-order valence-corrected chi connectivity index (χ0v) is 13.5. The lowest BCUT2D eigenvalue weighted by Gasteiger charge is -2.08. The summed E-state index contributed by atoms with van der Waals surface area (Å²) in [5.74, 6) is -0.872. The van der Waals surface area contributed by atoms with Crippen LogP contribution < -0.4 is 10.1 Å². The van der Waals surface area contributed by atoms with Gasteiger partial charge in [-0.3, -0.25) is 4.79 Å². The molecular weight excluding hydrogens is 359 g/mol. The van der Waals surface area contributed by atoms with Gasteiger partial charge < -0.3 is 10.1 Å². The first-order valence-corrected chi connectivity index (χ1v) is 7.98. The normalized spacial score (nSPS) is 10.2. The van der Waals surface area contributed by atoms with Crippen molar-refractivity contribution >= 4 is 39.3 Å². The second-order valence-corrected chi connectivity index (χ2v) is 5.74. The van der Waals surface area contributed by atoms with E-state index in [-0.39, 0.29) is 18.3 Å². The number of carbonyl (C=O) groups excluding carboxylic acids is 1. The van der Waals surface area contributed by atoms with Crippen LogP contribution in [-0.2, 0) is 4.79 Å². The SMILES string of the molecule is CSc1ccc(NC(=O)COc2ccc(Br)cc2F)cn1. The predicted molar refractivity (Wildman–Crippen MR) is 84.2 cm³/mol. The number of nitrogens with one attached hydrogen (secondary N) is 1. The number of ether oxygens (including phenoxy) is 1. The monoisotopic (exact) mass is 370 g/mol. The standard InChI is InChI=1S/C14H12BrFN2O2S/c1-21-14-5-3-10(7-17-14)18-13(19)8-20-12-4-2-9(15)6-11(12)16/h2-7H,8H2,1H3,(H,18,19). The van der Waals surface area contributed by atoms with Crippen molar-refractivity contribution in [1.82, 2.24) is 4.98 Å². The number of benzene rings is 1. The van der Waals surface area contributed by atoms with Gasteiger partial charge >= 0.3 is 0 Å². The zero-order chi connectivity index (χ0) is 15.2. The van der Waals surface area contributed by atoms with E-state index in [4.69, 9.17) is 4.74 Å². The Morgan fingerprint density at radius 3 is 2.86 bits per heavy atom. The number of halogens is 2. The predicted octanol–water partition coefficient (Wildman–Crippen LogP) is 3.72. The van der Waals surface area contributed by atoms with Gasteiger partial charge in [-0.25, -0.2) is 9.37 Å². The highest BCUT2D eigenvalue weighted by atomic mass is 79.9. The molecule has 0 aliphatic carbocycles. The molecule has 0 aliphatic rings. The van der Waals surface area contributed by atoms with Gasteiger partial charge in [0.2, 0.25) is 0 Å². The number of carbonyl (C=O) groups is 1. The molecular formula is C14H12BrFN2O2S. The van der Waals surface area contributed by atoms with E-state index in [2.05, 4.69) is 26.2 Å². The van der Waals surface area contributed by atoms with Crippen LogP contribution in [0.1, 0.15) is 0 Å². The summed E-state index contributed by atoms with van der Waals surface area (Å²) in [5, 5.41) is 3.49. The highest BCUT2D eigenvalue weighted by molar-refractivity contribution is 9.10. The maximum atomic E-state index is 13.5. The first kappa shape index (κ1) is 15.8. The summed E-state index contributed by atoms with van der Waals surface area (Å²) in [7, 11) is 0. The number of anilines is 1. The van der Waals surface area contributed by atoms with Crippen molar-refractivity contribution in [3.8, 4) is 5.75 Å². The number of hydrogen-bond acceptors (Lipinski definition) is 4. The van der Waals surface area contributed by atoms with Crippen molar-refractivity contribution in [3.05, 3.63) is 46.8 Å². The number of aromatic nitrogens is 1. The van der Waals surface area contributed by atoms with Gasteiger partial charge in [-0.05, 0) is 36.6 Å². The summed E-state index contributed by atoms with van der Waals surface area (Å²) in [6.45, 7) is -0.275. The van der Waals surface area contributed by atoms with E-state index < -0.39 is 5.82 Å². The molecule has 1 aromatic heterocycles. The Hall–Kier alpha value is -1.60. The van der Waals surface area contributed by atoms with Crippen molar-refractivity contribution in [2.75, 3.05) is 18.2 Å². The first-order valence-electron chi connectivity index (χ1n) is 5.96. The Balaban J connectivity index is 1.89. The maximum Gasteiger partial charge on any atom is 0.262 e. The third kappa shape index (κ3) is 4.71. The van der Waals surface area contributed by atoms with Crippen LogP contribution in [-0.4, -0.2) is 23.8 Å². The van der Waals surface area contributed by atoms with Crippen LogP contribution in [0.4, 0.5) is 10.1 Å². The molecule has 2 rings (SSSR count). The second-order valence-electron chi connectivity index (χ2n) is 4.00. The molecule has 0 bridgehead atoms. The molecule has 0 atom stereocenters. The van der Waals surface area contributed by atoms with E-state index in [0.29, 0.717) is 10.2 Å². The van der Waals surface area contributed by atoms with Gasteiger partial charge in [-0.15, -0.1) is 11.8 Å². The molecule has 2 aromatic rings. The van der Waals surface area contributed by atoms with Gasteiger partial charge in [0.05, 0.1) is 16.9 Å². The Morgan fingerprint density at radius 2 is 2.24 bits per heavy atom. The summed E-state index contributed by atoms with van der Waals surface area (Å²) in [5.41, 5.74) is 0.567. The smallest absolute Gasteiger partial charge is 0.262 e. The molecule has 0 radical (unpaired) electrons. The minimum atomic E-state index is -0.525. The van der Waals surface area contributed by atoms with E-state index in [0.717, 1.165) is 5.03 Å². The largest absolute Gasteiger partial charge is 0.481 e. The van der Waals surface area contributed by atoms with Crippen LogP contribution in [0.15, 0.2) is 46.0 Å². The lowest BCUT2D eigenvalue weighted by atomic mass is 10.3. The Morgan fingerprint density at radius 1 is 1.43 bits per heavy atom. The fourth-order valence-corrected chi connectivity index (χ4v) is 2.20. The Kier molecular flexibility index (Phi) is 5.58. The number of thioether (sulfide) groups is 1. The second kappa shape index (κ2) is 7.42. The third-order valence-electron chi connectivity index (χ3n) is 2.48. The molecule has 0 spiro atoms. The minimum absolute atomic E-state index is 0.0317. The van der Waals surface area contributed by atoms with Crippen LogP contribution in [0.5, 0.6) is 5.75 Å². The van der Waals surface area contributed by atoms with E-state index in [1.807, 2.05) is 6.26 Å². The maximum absolute atomic E-state index is 13.5. The molecule has 0 aliphatic heterocycles. The molecule has 1 N–H and O–H groups in total. The molecule has 7 heteroatoms. The average molecular weight is 371 g/mol. The average Bonchev–Trinajstić information content (AvgIpc) is 2.47. The van der Waals surface area contributed by atoms with Crippen LogP contribution in [0, 0.1) is 5.82 Å². The van der Waals surface area contributed by atoms with E-state index in [9.17, 15) is 9.18 Å². The van der Waals surface area contributed by atoms with E-state index in [1.54, 1.807) is 24.4 Å². The van der Waals surface area contributed by atoms with Crippen LogP contribution >= 0.6 is 27.7 Å². The first-order chi connectivity index (χ1) is 10.1. The van der Waals surface area contributed by atoms with Crippen molar-refractivity contribution in [1.29, 1.82) is 0 Å². The summed E-state index contributed by atoms with van der Waals surface area (Å²) < 4.78 is 19.3. The highest BCUT2D eigenvalue weighted by Gasteiger charge is 2.08. The number of nitrogens with zero attached hydrogens (tertiary/aromatic N) is 1. The van der Waals surface area contributed by atoms with Crippen molar-refractivity contribution < 1.29 is 13.9 Å². The van der Waals surface area contributed by atoms with Crippen LogP contribution in [0.3, 0.4) is 0 Å². The fraction of sp³-hybridized carbons (Fsp3) is 0.143. The zero-order valence-electron chi connectivity index (χ0n) is 11.1. The lowest BCUT2D eigenvalue weighted by Crippen LogP contribution is -2.20. The van der Waals surface area contributed by atoms with Gasteiger partial charge in [0.15, 0.2) is 18.2 Å². The molecule has 1 amide bonds. The van der Waals surface area contributed by atoms with Crippen molar-refractivity contribution in [2.24, 2.45) is 0 Å². The van der Waals surface area contributed by atoms with Gasteiger partial charge in [0.1, 0.15) is 0 Å². The summed E-state index contributed by atoms with van der Waals surface area (Å²) in [6, 6.07) is 7.92. The van der Waals surface area contributed by atoms with Gasteiger partial charge in [-0.2, -0.15) is 0 Å². The molecule has 0 saturated heterocycles. The van der Waals surface area contributed by atoms with Crippen LogP contribution in [0.2, 0.25) is 0 Å². The number of hydrogen-bond donors (Lipinski definition) is 1. The number of amides is 1. The Labute approximate surface area is 134 Å². The molecule has 4 nitrogen and oxygen atoms in total. The number of pyridine rings is 1. The quantitative estimate of drug-likeness (QED) is 0.814. The molecule has 0 saturated carbocycles. The molecule has 0 fully saturated rings. The van der Waals surface area contributed by atoms with Gasteiger partial charge in [0, 0.05) is 4.47 Å². The summed E-state index contributed by atoms with van der Waals surface area (Å²) >= 11 is 4.66. The van der Waals surface area contributed by atoms with Crippen LogP contribution in [0.25, 0.3) is 0 Å². The van der Waals surface area contributed by atoms with Crippen molar-refractivity contribution in [3.63, 3.8) is 0 Å². The van der Waals surface area contributed by atoms with Gasteiger partial charge in [-0.1, -0.05) is 15.9 Å². The molecule has 1 heterocycles. The fourth-order valence-electron chi connectivity index (χ4n) is 1.51. The minimum Gasteiger partial charge on any atom is -0.481 e. The van der Waals surface area contributed by atoms with E-state index in [1.165, 1.54) is 23.9 Å². The number of rotatable bonds is 5. The topological polar surface area (TPSA) is 51.2 Å². The van der Waals surface area contributed by atoms with Crippen molar-refractivity contribution in [2.45, 2.75) is 5.03 Å². The molecule has 0 unspecified atom stereocenters. The summed E-state index contributed by atoms with van der Waals surface area (Å²) in [6.07, 6.45) is 3.48. The Bertz CT molecular complexity index is 637. The molecule has 21 heavy (non-hydrogen) atoms. The highest BCUT2D eigenvalue weighted by Crippen LogP contribution is 2.21. The van der Waals surface area contributed by atoms with Gasteiger partial charge in [0.25, 0.3) is 5.91 Å². The summed E-state index contributed by atoms with van der Waals surface area (Å²) in [4.78, 5) is 15.9. The lowest BCUT2D eigenvalue weighted by molar-refractivity contribution is -0.118. The third-order valence-corrected chi connectivity index (χ3v) is 3.63. The molecule has 1 aromatic carbocycles.